The highest BCUT2D eigenvalue weighted by Crippen LogP contribution is 2.17. The largest absolute Gasteiger partial charge is 0.461 e. The van der Waals surface area contributed by atoms with Gasteiger partial charge in [-0.1, -0.05) is 0 Å². The van der Waals surface area contributed by atoms with Crippen LogP contribution in [-0.4, -0.2) is 4.98 Å². The Balaban J connectivity index is 3.08. The summed E-state index contributed by atoms with van der Waals surface area (Å²) in [4.78, 5) is 15.8. The first-order valence-corrected chi connectivity index (χ1v) is 4.46. The maximum atomic E-state index is 11.7. The van der Waals surface area contributed by atoms with Gasteiger partial charge in [0.15, 0.2) is 5.43 Å². The molecular formula is C11H11NO2. The van der Waals surface area contributed by atoms with Gasteiger partial charge in [-0.25, -0.2) is 0 Å². The fraction of sp³-hybridized carbons (Fsp3) is 0.273. The van der Waals surface area contributed by atoms with E-state index in [9.17, 15) is 4.79 Å². The second-order valence-corrected chi connectivity index (χ2v) is 3.45. The lowest BCUT2D eigenvalue weighted by Gasteiger charge is -2.03. The van der Waals surface area contributed by atoms with Crippen LogP contribution in [0, 0.1) is 20.8 Å². The number of aryl methyl sites for hydroxylation is 3. The summed E-state index contributed by atoms with van der Waals surface area (Å²) in [7, 11) is 0. The molecule has 2 aromatic heterocycles. The van der Waals surface area contributed by atoms with Crippen molar-refractivity contribution in [2.45, 2.75) is 20.8 Å². The van der Waals surface area contributed by atoms with Crippen molar-refractivity contribution >= 4 is 11.0 Å². The molecule has 3 heteroatoms. The third kappa shape index (κ3) is 1.21. The van der Waals surface area contributed by atoms with Crippen molar-refractivity contribution < 1.29 is 4.42 Å². The van der Waals surface area contributed by atoms with Crippen molar-refractivity contribution in [3.8, 4) is 0 Å². The highest BCUT2D eigenvalue weighted by molar-refractivity contribution is 5.81. The molecule has 0 bridgehead atoms. The second kappa shape index (κ2) is 2.94. The Hall–Kier alpha value is -1.64. The van der Waals surface area contributed by atoms with Crippen LogP contribution in [0.15, 0.2) is 21.5 Å². The van der Waals surface area contributed by atoms with Crippen LogP contribution >= 0.6 is 0 Å². The lowest BCUT2D eigenvalue weighted by molar-refractivity contribution is 0.561. The molecule has 0 aromatic carbocycles. The van der Waals surface area contributed by atoms with Crippen LogP contribution in [-0.2, 0) is 0 Å². The zero-order chi connectivity index (χ0) is 10.3. The summed E-state index contributed by atoms with van der Waals surface area (Å²) in [6.45, 7) is 5.47. The quantitative estimate of drug-likeness (QED) is 0.637. The minimum atomic E-state index is -0.0162. The Morgan fingerprint density at radius 2 is 2.00 bits per heavy atom. The average Bonchev–Trinajstić information content (AvgIpc) is 2.10. The molecule has 0 aliphatic heterocycles. The van der Waals surface area contributed by atoms with E-state index in [1.807, 2.05) is 13.8 Å². The van der Waals surface area contributed by atoms with Gasteiger partial charge in [-0.05, 0) is 20.8 Å². The zero-order valence-electron chi connectivity index (χ0n) is 8.42. The molecule has 0 aliphatic carbocycles. The van der Waals surface area contributed by atoms with Crippen LogP contribution < -0.4 is 5.43 Å². The summed E-state index contributed by atoms with van der Waals surface area (Å²) >= 11 is 0. The molecule has 14 heavy (non-hydrogen) atoms. The molecule has 0 saturated heterocycles. The van der Waals surface area contributed by atoms with Crippen LogP contribution in [0.1, 0.15) is 17.0 Å². The molecule has 0 spiro atoms. The summed E-state index contributed by atoms with van der Waals surface area (Å²) < 4.78 is 5.51. The molecule has 0 aliphatic rings. The standard InChI is InChI=1S/C11H11NO2/c1-6-5-12-8(3)10-9(13)4-7(2)14-11(6)10/h4-5H,1-3H3. The second-order valence-electron chi connectivity index (χ2n) is 3.45. The third-order valence-corrected chi connectivity index (χ3v) is 2.24. The van der Waals surface area contributed by atoms with Gasteiger partial charge in [0.2, 0.25) is 0 Å². The summed E-state index contributed by atoms with van der Waals surface area (Å²) in [5.41, 5.74) is 2.26. The van der Waals surface area contributed by atoms with Crippen molar-refractivity contribution in [1.29, 1.82) is 0 Å². The van der Waals surface area contributed by atoms with Gasteiger partial charge >= 0.3 is 0 Å². The van der Waals surface area contributed by atoms with Gasteiger partial charge < -0.3 is 4.42 Å². The Bertz CT molecular complexity index is 555. The van der Waals surface area contributed by atoms with Crippen LogP contribution in [0.3, 0.4) is 0 Å². The van der Waals surface area contributed by atoms with Crippen molar-refractivity contribution in [3.05, 3.63) is 39.5 Å². The first-order chi connectivity index (χ1) is 6.59. The molecule has 72 valence electrons. The van der Waals surface area contributed by atoms with E-state index in [0.29, 0.717) is 16.7 Å². The van der Waals surface area contributed by atoms with Crippen LogP contribution in [0.25, 0.3) is 11.0 Å². The number of pyridine rings is 1. The fourth-order valence-electron chi connectivity index (χ4n) is 1.55. The zero-order valence-corrected chi connectivity index (χ0v) is 8.42. The molecule has 0 saturated carbocycles. The molecular weight excluding hydrogens is 178 g/mol. The Labute approximate surface area is 81.4 Å². The number of fused-ring (bicyclic) bond motifs is 1. The predicted octanol–water partition coefficient (Wildman–Crippen LogP) is 2.11. The normalized spacial score (nSPS) is 10.8. The van der Waals surface area contributed by atoms with Crippen molar-refractivity contribution in [1.82, 2.24) is 4.98 Å². The van der Waals surface area contributed by atoms with Crippen LogP contribution in [0.2, 0.25) is 0 Å². The topological polar surface area (TPSA) is 43.1 Å². The third-order valence-electron chi connectivity index (χ3n) is 2.24. The van der Waals surface area contributed by atoms with Gasteiger partial charge in [-0.15, -0.1) is 0 Å². The number of hydrogen-bond acceptors (Lipinski definition) is 3. The van der Waals surface area contributed by atoms with Gasteiger partial charge in [0.05, 0.1) is 11.1 Å². The Morgan fingerprint density at radius 1 is 1.29 bits per heavy atom. The predicted molar refractivity (Wildman–Crippen MR) is 54.5 cm³/mol. The van der Waals surface area contributed by atoms with E-state index < -0.39 is 0 Å². The summed E-state index contributed by atoms with van der Waals surface area (Å²) in [5, 5.41) is 0.593. The summed E-state index contributed by atoms with van der Waals surface area (Å²) in [6.07, 6.45) is 1.72. The van der Waals surface area contributed by atoms with E-state index in [2.05, 4.69) is 4.98 Å². The van der Waals surface area contributed by atoms with E-state index in [0.717, 1.165) is 11.3 Å². The average molecular weight is 189 g/mol. The molecule has 2 aromatic rings. The Morgan fingerprint density at radius 3 is 2.71 bits per heavy atom. The van der Waals surface area contributed by atoms with Crippen molar-refractivity contribution in [3.63, 3.8) is 0 Å². The molecule has 0 N–H and O–H groups in total. The highest BCUT2D eigenvalue weighted by Gasteiger charge is 2.08. The van der Waals surface area contributed by atoms with Gasteiger partial charge in [-0.2, -0.15) is 0 Å². The van der Waals surface area contributed by atoms with Gasteiger partial charge in [0, 0.05) is 17.8 Å². The summed E-state index contributed by atoms with van der Waals surface area (Å²) in [6, 6.07) is 1.50. The molecule has 0 radical (unpaired) electrons. The molecule has 2 rings (SSSR count). The SMILES string of the molecule is Cc1cc(=O)c2c(C)ncc(C)c2o1. The van der Waals surface area contributed by atoms with Gasteiger partial charge in [0.25, 0.3) is 0 Å². The van der Waals surface area contributed by atoms with Crippen LogP contribution in [0.4, 0.5) is 0 Å². The molecule has 0 fully saturated rings. The lowest BCUT2D eigenvalue weighted by atomic mass is 10.1. The van der Waals surface area contributed by atoms with Crippen LogP contribution in [0.5, 0.6) is 0 Å². The van der Waals surface area contributed by atoms with Gasteiger partial charge in [-0.3, -0.25) is 9.78 Å². The van der Waals surface area contributed by atoms with E-state index >= 15 is 0 Å². The Kier molecular flexibility index (Phi) is 1.88. The molecule has 0 atom stereocenters. The van der Waals surface area contributed by atoms with E-state index in [1.54, 1.807) is 13.1 Å². The fourth-order valence-corrected chi connectivity index (χ4v) is 1.55. The van der Waals surface area contributed by atoms with Crippen molar-refractivity contribution in [2.24, 2.45) is 0 Å². The number of hydrogen-bond donors (Lipinski definition) is 0. The monoisotopic (exact) mass is 189 g/mol. The number of nitrogens with zero attached hydrogens (tertiary/aromatic N) is 1. The maximum Gasteiger partial charge on any atom is 0.194 e. The van der Waals surface area contributed by atoms with E-state index in [4.69, 9.17) is 4.42 Å². The minimum Gasteiger partial charge on any atom is -0.461 e. The lowest BCUT2D eigenvalue weighted by Crippen LogP contribution is -2.04. The summed E-state index contributed by atoms with van der Waals surface area (Å²) in [5.74, 6) is 0.635. The molecule has 0 unspecified atom stereocenters. The minimum absolute atomic E-state index is 0.0162. The van der Waals surface area contributed by atoms with Gasteiger partial charge in [0.1, 0.15) is 11.3 Å². The first-order valence-electron chi connectivity index (χ1n) is 4.46. The smallest absolute Gasteiger partial charge is 0.194 e. The molecule has 3 nitrogen and oxygen atoms in total. The molecule has 0 amide bonds. The first kappa shape index (κ1) is 8.94. The van der Waals surface area contributed by atoms with Crippen molar-refractivity contribution in [2.75, 3.05) is 0 Å². The number of aromatic nitrogens is 1. The maximum absolute atomic E-state index is 11.7. The van der Waals surface area contributed by atoms with E-state index in [1.165, 1.54) is 6.07 Å². The number of rotatable bonds is 0. The van der Waals surface area contributed by atoms with E-state index in [-0.39, 0.29) is 5.43 Å². The molecule has 2 heterocycles. The highest BCUT2D eigenvalue weighted by atomic mass is 16.3.